The first-order chi connectivity index (χ1) is 12.9. The molecule has 9 heteroatoms. The zero-order valence-electron chi connectivity index (χ0n) is 15.2. The number of carbonyl (C=O) groups is 1. The van der Waals surface area contributed by atoms with Crippen molar-refractivity contribution in [3.8, 4) is 0 Å². The number of carbonyl (C=O) groups excluding carboxylic acids is 1. The van der Waals surface area contributed by atoms with Crippen molar-refractivity contribution >= 4 is 27.2 Å². The highest BCUT2D eigenvalue weighted by molar-refractivity contribution is 7.89. The summed E-state index contributed by atoms with van der Waals surface area (Å²) < 4.78 is 25.4. The van der Waals surface area contributed by atoms with Gasteiger partial charge >= 0.3 is 0 Å². The van der Waals surface area contributed by atoms with Gasteiger partial charge in [-0.3, -0.25) is 14.8 Å². The number of pyridine rings is 1. The Morgan fingerprint density at radius 1 is 1.33 bits per heavy atom. The van der Waals surface area contributed by atoms with Gasteiger partial charge in [0.15, 0.2) is 0 Å². The second-order valence-corrected chi connectivity index (χ2v) is 8.43. The van der Waals surface area contributed by atoms with E-state index in [0.717, 1.165) is 11.3 Å². The first-order valence-corrected chi connectivity index (χ1v) is 10.2. The lowest BCUT2D eigenvalue weighted by Crippen LogP contribution is -2.35. The van der Waals surface area contributed by atoms with E-state index in [1.165, 1.54) is 10.5 Å². The van der Waals surface area contributed by atoms with E-state index in [4.69, 9.17) is 0 Å². The van der Waals surface area contributed by atoms with Crippen molar-refractivity contribution < 1.29 is 13.2 Å². The molecule has 0 saturated heterocycles. The van der Waals surface area contributed by atoms with Crippen LogP contribution in [0.15, 0.2) is 36.8 Å². The summed E-state index contributed by atoms with van der Waals surface area (Å²) in [5.41, 5.74) is 3.11. The third kappa shape index (κ3) is 4.55. The van der Waals surface area contributed by atoms with E-state index in [2.05, 4.69) is 20.3 Å². The van der Waals surface area contributed by atoms with E-state index in [9.17, 15) is 13.2 Å². The van der Waals surface area contributed by atoms with Crippen molar-refractivity contribution in [2.75, 3.05) is 24.2 Å². The molecule has 1 N–H and O–H groups in total. The van der Waals surface area contributed by atoms with Crippen LogP contribution in [0, 0.1) is 6.92 Å². The number of anilines is 1. The van der Waals surface area contributed by atoms with Crippen molar-refractivity contribution in [3.63, 3.8) is 0 Å². The number of nitrogens with zero attached hydrogens (tertiary/aromatic N) is 4. The Labute approximate surface area is 158 Å². The van der Waals surface area contributed by atoms with Gasteiger partial charge in [-0.2, -0.15) is 4.31 Å². The lowest BCUT2D eigenvalue weighted by Gasteiger charge is -2.25. The van der Waals surface area contributed by atoms with Crippen molar-refractivity contribution in [3.05, 3.63) is 53.9 Å². The van der Waals surface area contributed by atoms with E-state index in [1.54, 1.807) is 31.5 Å². The van der Waals surface area contributed by atoms with Crippen LogP contribution in [-0.2, 0) is 10.0 Å². The third-order valence-corrected chi connectivity index (χ3v) is 6.13. The van der Waals surface area contributed by atoms with E-state index < -0.39 is 10.0 Å². The molecule has 3 rings (SSSR count). The summed E-state index contributed by atoms with van der Waals surface area (Å²) in [5, 5.41) is 2.78. The number of hydrogen-bond acceptors (Lipinski definition) is 6. The fourth-order valence-corrected chi connectivity index (χ4v) is 3.80. The molecule has 0 aliphatic carbocycles. The Balaban J connectivity index is 1.75. The van der Waals surface area contributed by atoms with E-state index in [-0.39, 0.29) is 17.4 Å². The van der Waals surface area contributed by atoms with Crippen molar-refractivity contribution in [1.82, 2.24) is 19.3 Å². The molecule has 8 nitrogen and oxygen atoms in total. The molecule has 1 aliphatic rings. The van der Waals surface area contributed by atoms with Gasteiger partial charge in [0.2, 0.25) is 10.0 Å². The minimum absolute atomic E-state index is 0.0834. The molecule has 2 aromatic rings. The zero-order valence-corrected chi connectivity index (χ0v) is 16.0. The maximum atomic E-state index is 12.4. The monoisotopic (exact) mass is 387 g/mol. The molecule has 0 atom stereocenters. The Bertz CT molecular complexity index is 988. The van der Waals surface area contributed by atoms with Gasteiger partial charge in [-0.15, -0.1) is 0 Å². The van der Waals surface area contributed by atoms with Crippen LogP contribution in [0.2, 0.25) is 0 Å². The topological polar surface area (TPSA) is 105 Å². The lowest BCUT2D eigenvalue weighted by molar-refractivity contribution is 0.102. The fourth-order valence-electron chi connectivity index (χ4n) is 2.77. The number of nitrogens with one attached hydrogen (secondary N) is 1. The largest absolute Gasteiger partial charge is 0.320 e. The number of aryl methyl sites for hydroxylation is 1. The number of amides is 1. The summed E-state index contributed by atoms with van der Waals surface area (Å²) in [5.74, 6) is -0.276. The van der Waals surface area contributed by atoms with Gasteiger partial charge in [0.05, 0.1) is 23.8 Å². The van der Waals surface area contributed by atoms with Crippen molar-refractivity contribution in [2.24, 2.45) is 0 Å². The van der Waals surface area contributed by atoms with Crippen LogP contribution < -0.4 is 5.32 Å². The van der Waals surface area contributed by atoms with Gasteiger partial charge in [0.1, 0.15) is 5.69 Å². The average molecular weight is 387 g/mol. The van der Waals surface area contributed by atoms with Crippen LogP contribution in [0.1, 0.15) is 35.2 Å². The normalized spacial score (nSPS) is 15.3. The van der Waals surface area contributed by atoms with Gasteiger partial charge in [-0.05, 0) is 38.0 Å². The summed E-state index contributed by atoms with van der Waals surface area (Å²) in [6.07, 6.45) is 6.97. The molecular formula is C18H21N5O3S. The van der Waals surface area contributed by atoms with Crippen molar-refractivity contribution in [2.45, 2.75) is 20.3 Å². The highest BCUT2D eigenvalue weighted by Gasteiger charge is 2.23. The van der Waals surface area contributed by atoms with E-state index >= 15 is 0 Å². The highest BCUT2D eigenvalue weighted by atomic mass is 32.2. The Morgan fingerprint density at radius 3 is 2.81 bits per heavy atom. The molecule has 0 saturated carbocycles. The molecule has 27 heavy (non-hydrogen) atoms. The van der Waals surface area contributed by atoms with E-state index in [1.807, 2.05) is 13.0 Å². The zero-order chi connectivity index (χ0) is 19.4. The maximum Gasteiger partial charge on any atom is 0.275 e. The molecular weight excluding hydrogens is 366 g/mol. The standard InChI is InChI=1S/C18H21N5O3S/c1-3-27(25,26)23-8-5-14(6-9-23)16-11-19-12-17(22-16)18(24)21-15-4-7-20-13(2)10-15/h4-5,7,10-12H,3,6,8-9H2,1-2H3,(H,20,21,24). The lowest BCUT2D eigenvalue weighted by atomic mass is 10.1. The second-order valence-electron chi connectivity index (χ2n) is 6.17. The summed E-state index contributed by atoms with van der Waals surface area (Å²) >= 11 is 0. The average Bonchev–Trinajstić information content (AvgIpc) is 2.68. The van der Waals surface area contributed by atoms with Gasteiger partial charge in [0.25, 0.3) is 5.91 Å². The molecule has 142 valence electrons. The summed E-state index contributed by atoms with van der Waals surface area (Å²) in [7, 11) is -3.20. The first-order valence-electron chi connectivity index (χ1n) is 8.62. The van der Waals surface area contributed by atoms with Crippen LogP contribution in [0.3, 0.4) is 0 Å². The van der Waals surface area contributed by atoms with Crippen LogP contribution >= 0.6 is 0 Å². The molecule has 0 spiro atoms. The molecule has 0 bridgehead atoms. The SMILES string of the molecule is CCS(=O)(=O)N1CC=C(c2cncc(C(=O)Nc3ccnc(C)c3)n2)CC1. The molecule has 3 heterocycles. The van der Waals surface area contributed by atoms with E-state index in [0.29, 0.717) is 30.9 Å². The first kappa shape index (κ1) is 19.1. The predicted octanol–water partition coefficient (Wildman–Crippen LogP) is 1.87. The highest BCUT2D eigenvalue weighted by Crippen LogP contribution is 2.22. The quantitative estimate of drug-likeness (QED) is 0.840. The van der Waals surface area contributed by atoms with Crippen LogP contribution in [-0.4, -0.2) is 52.4 Å². The number of hydrogen-bond donors (Lipinski definition) is 1. The fraction of sp³-hybridized carbons (Fsp3) is 0.333. The van der Waals surface area contributed by atoms with Crippen LogP contribution in [0.5, 0.6) is 0 Å². The molecule has 0 unspecified atom stereocenters. The Hall–Kier alpha value is -2.65. The number of aromatic nitrogens is 3. The molecule has 1 aliphatic heterocycles. The van der Waals surface area contributed by atoms with Crippen LogP contribution in [0.4, 0.5) is 5.69 Å². The summed E-state index contributed by atoms with van der Waals surface area (Å²) in [6.45, 7) is 4.18. The molecule has 2 aromatic heterocycles. The maximum absolute atomic E-state index is 12.4. The molecule has 0 fully saturated rings. The smallest absolute Gasteiger partial charge is 0.275 e. The molecule has 0 aromatic carbocycles. The summed E-state index contributed by atoms with van der Waals surface area (Å²) in [6, 6.07) is 3.47. The molecule has 1 amide bonds. The Morgan fingerprint density at radius 2 is 2.15 bits per heavy atom. The van der Waals surface area contributed by atoms with Crippen molar-refractivity contribution in [1.29, 1.82) is 0 Å². The molecule has 0 radical (unpaired) electrons. The van der Waals surface area contributed by atoms with Gasteiger partial charge in [-0.25, -0.2) is 13.4 Å². The van der Waals surface area contributed by atoms with Crippen LogP contribution in [0.25, 0.3) is 5.57 Å². The summed E-state index contributed by atoms with van der Waals surface area (Å²) in [4.78, 5) is 25.0. The minimum Gasteiger partial charge on any atom is -0.320 e. The minimum atomic E-state index is -3.20. The van der Waals surface area contributed by atoms with Gasteiger partial charge in [-0.1, -0.05) is 6.08 Å². The third-order valence-electron chi connectivity index (χ3n) is 4.28. The van der Waals surface area contributed by atoms with Gasteiger partial charge in [0, 0.05) is 30.7 Å². The number of rotatable bonds is 5. The predicted molar refractivity (Wildman–Crippen MR) is 103 cm³/mol. The van der Waals surface area contributed by atoms with Gasteiger partial charge < -0.3 is 5.32 Å². The Kier molecular flexibility index (Phi) is 5.62. The second kappa shape index (κ2) is 7.93. The number of sulfonamides is 1.